The third-order valence-electron chi connectivity index (χ3n) is 6.22. The average Bonchev–Trinajstić information content (AvgIpc) is 3.16. The number of rotatable bonds is 6. The summed E-state index contributed by atoms with van der Waals surface area (Å²) in [5.41, 5.74) is 3.14. The van der Waals surface area contributed by atoms with E-state index in [0.29, 0.717) is 36.1 Å². The zero-order valence-corrected chi connectivity index (χ0v) is 20.6. The van der Waals surface area contributed by atoms with E-state index in [2.05, 4.69) is 28.9 Å². The van der Waals surface area contributed by atoms with Gasteiger partial charge in [0.25, 0.3) is 0 Å². The van der Waals surface area contributed by atoms with E-state index in [0.717, 1.165) is 38.9 Å². The van der Waals surface area contributed by atoms with Crippen molar-refractivity contribution >= 4 is 49.1 Å². The number of aryl methyl sites for hydroxylation is 1. The van der Waals surface area contributed by atoms with Crippen molar-refractivity contribution in [2.24, 2.45) is 0 Å². The fourth-order valence-electron chi connectivity index (χ4n) is 4.70. The first-order valence-electron chi connectivity index (χ1n) is 11.5. The van der Waals surface area contributed by atoms with Crippen LogP contribution in [0.1, 0.15) is 13.8 Å². The van der Waals surface area contributed by atoms with Crippen LogP contribution in [0.5, 0.6) is 11.5 Å². The number of hydrogen-bond donors (Lipinski definition) is 1. The smallest absolute Gasteiger partial charge is 0.247 e. The van der Waals surface area contributed by atoms with Crippen molar-refractivity contribution in [3.63, 3.8) is 0 Å². The molecule has 1 atom stereocenters. The number of aromatic nitrogens is 1. The second-order valence-corrected chi connectivity index (χ2v) is 10.4. The quantitative estimate of drug-likeness (QED) is 0.431. The standard InChI is InChI=1S/C26H27N3O5S/c1-4-28-22-8-6-5-7-20(22)21-15-18(9-11-23(21)28)27-26(30)17(2)29(35(3,31)32)19-10-12-24-25(16-19)34-14-13-33-24/h5-12,15-17H,4,13-14H2,1-3H3,(H,27,30)/t17-/m0/s1. The molecule has 0 radical (unpaired) electrons. The van der Waals surface area contributed by atoms with Gasteiger partial charge in [0.2, 0.25) is 15.9 Å². The summed E-state index contributed by atoms with van der Waals surface area (Å²) >= 11 is 0. The number of sulfonamides is 1. The number of carbonyl (C=O) groups is 1. The highest BCUT2D eigenvalue weighted by molar-refractivity contribution is 7.92. The van der Waals surface area contributed by atoms with E-state index in [1.807, 2.05) is 30.3 Å². The van der Waals surface area contributed by atoms with Crippen LogP contribution in [-0.2, 0) is 21.4 Å². The number of hydrogen-bond acceptors (Lipinski definition) is 5. The van der Waals surface area contributed by atoms with Crippen LogP contribution in [0.2, 0.25) is 0 Å². The maximum Gasteiger partial charge on any atom is 0.247 e. The lowest BCUT2D eigenvalue weighted by Gasteiger charge is -2.29. The number of carbonyl (C=O) groups excluding carboxylic acids is 1. The molecule has 1 aliphatic heterocycles. The number of nitrogens with one attached hydrogen (secondary N) is 1. The third-order valence-corrected chi connectivity index (χ3v) is 7.47. The molecule has 3 aromatic carbocycles. The number of anilines is 2. The molecule has 0 aliphatic carbocycles. The molecule has 1 aliphatic rings. The molecule has 182 valence electrons. The van der Waals surface area contributed by atoms with Gasteiger partial charge in [0.1, 0.15) is 19.3 Å². The summed E-state index contributed by atoms with van der Waals surface area (Å²) < 4.78 is 39.9. The lowest BCUT2D eigenvalue weighted by molar-refractivity contribution is -0.116. The first-order chi connectivity index (χ1) is 16.8. The fraction of sp³-hybridized carbons (Fsp3) is 0.269. The largest absolute Gasteiger partial charge is 0.486 e. The van der Waals surface area contributed by atoms with Crippen LogP contribution in [-0.4, -0.2) is 44.4 Å². The van der Waals surface area contributed by atoms with E-state index in [9.17, 15) is 13.2 Å². The van der Waals surface area contributed by atoms with E-state index >= 15 is 0 Å². The van der Waals surface area contributed by atoms with Crippen molar-refractivity contribution in [2.45, 2.75) is 26.4 Å². The first kappa shape index (κ1) is 23.0. The van der Waals surface area contributed by atoms with Crippen LogP contribution in [0.4, 0.5) is 11.4 Å². The number of para-hydroxylation sites is 1. The van der Waals surface area contributed by atoms with E-state index in [1.54, 1.807) is 25.1 Å². The summed E-state index contributed by atoms with van der Waals surface area (Å²) in [4.78, 5) is 13.2. The van der Waals surface area contributed by atoms with Gasteiger partial charge in [-0.05, 0) is 50.2 Å². The molecule has 1 N–H and O–H groups in total. The molecule has 9 heteroatoms. The predicted molar refractivity (Wildman–Crippen MR) is 138 cm³/mol. The van der Waals surface area contributed by atoms with Crippen LogP contribution >= 0.6 is 0 Å². The molecule has 4 aromatic rings. The second kappa shape index (κ2) is 8.81. The second-order valence-electron chi connectivity index (χ2n) is 8.55. The molecule has 35 heavy (non-hydrogen) atoms. The van der Waals surface area contributed by atoms with Gasteiger partial charge in [-0.3, -0.25) is 9.10 Å². The molecule has 8 nitrogen and oxygen atoms in total. The van der Waals surface area contributed by atoms with Crippen molar-refractivity contribution in [2.75, 3.05) is 29.1 Å². The van der Waals surface area contributed by atoms with Crippen LogP contribution < -0.4 is 19.1 Å². The van der Waals surface area contributed by atoms with Crippen LogP contribution in [0.3, 0.4) is 0 Å². The molecule has 0 bridgehead atoms. The van der Waals surface area contributed by atoms with Gasteiger partial charge in [-0.15, -0.1) is 0 Å². The highest BCUT2D eigenvalue weighted by Crippen LogP contribution is 2.36. The lowest BCUT2D eigenvalue weighted by atomic mass is 10.1. The Kier molecular flexibility index (Phi) is 5.80. The van der Waals surface area contributed by atoms with E-state index < -0.39 is 22.0 Å². The van der Waals surface area contributed by atoms with Crippen molar-refractivity contribution in [1.82, 2.24) is 4.57 Å². The summed E-state index contributed by atoms with van der Waals surface area (Å²) in [5.74, 6) is 0.557. The fourth-order valence-corrected chi connectivity index (χ4v) is 5.86. The maximum absolute atomic E-state index is 13.2. The monoisotopic (exact) mass is 493 g/mol. The minimum atomic E-state index is -3.77. The van der Waals surface area contributed by atoms with Gasteiger partial charge in [-0.1, -0.05) is 18.2 Å². The first-order valence-corrected chi connectivity index (χ1v) is 13.3. The molecular formula is C26H27N3O5S. The molecule has 0 fully saturated rings. The highest BCUT2D eigenvalue weighted by Gasteiger charge is 2.30. The highest BCUT2D eigenvalue weighted by atomic mass is 32.2. The molecule has 0 unspecified atom stereocenters. The summed E-state index contributed by atoms with van der Waals surface area (Å²) in [7, 11) is -3.77. The normalized spacial score (nSPS) is 14.1. The van der Waals surface area contributed by atoms with Crippen LogP contribution in [0.25, 0.3) is 21.8 Å². The lowest BCUT2D eigenvalue weighted by Crippen LogP contribution is -2.45. The zero-order valence-electron chi connectivity index (χ0n) is 19.8. The van der Waals surface area contributed by atoms with Crippen LogP contribution in [0, 0.1) is 0 Å². The molecule has 0 saturated carbocycles. The SMILES string of the molecule is CCn1c2ccccc2c2cc(NC(=O)[C@H](C)N(c3ccc4c(c3)OCCO4)S(C)(=O)=O)ccc21. The van der Waals surface area contributed by atoms with E-state index in [1.165, 1.54) is 0 Å². The Balaban J connectivity index is 1.46. The van der Waals surface area contributed by atoms with Crippen LogP contribution in [0.15, 0.2) is 60.7 Å². The number of nitrogens with zero attached hydrogens (tertiary/aromatic N) is 2. The molecular weight excluding hydrogens is 466 g/mol. The third kappa shape index (κ3) is 4.16. The van der Waals surface area contributed by atoms with Crippen molar-refractivity contribution < 1.29 is 22.7 Å². The van der Waals surface area contributed by atoms with Gasteiger partial charge in [0, 0.05) is 40.1 Å². The van der Waals surface area contributed by atoms with Crippen molar-refractivity contribution in [3.8, 4) is 11.5 Å². The Morgan fingerprint density at radius 1 is 1.00 bits per heavy atom. The van der Waals surface area contributed by atoms with Gasteiger partial charge in [-0.25, -0.2) is 8.42 Å². The average molecular weight is 494 g/mol. The summed E-state index contributed by atoms with van der Waals surface area (Å²) in [5, 5.41) is 5.03. The Morgan fingerprint density at radius 2 is 1.71 bits per heavy atom. The zero-order chi connectivity index (χ0) is 24.7. The molecule has 1 aromatic heterocycles. The summed E-state index contributed by atoms with van der Waals surface area (Å²) in [6.07, 6.45) is 1.08. The molecule has 5 rings (SSSR count). The number of ether oxygens (including phenoxy) is 2. The Hall–Kier alpha value is -3.72. The molecule has 1 amide bonds. The molecule has 0 saturated heterocycles. The van der Waals surface area contributed by atoms with Gasteiger partial charge in [-0.2, -0.15) is 0 Å². The Bertz CT molecular complexity index is 1540. The van der Waals surface area contributed by atoms with Gasteiger partial charge in [0.05, 0.1) is 11.9 Å². The molecule has 0 spiro atoms. The number of benzene rings is 3. The van der Waals surface area contributed by atoms with Crippen molar-refractivity contribution in [3.05, 3.63) is 60.7 Å². The van der Waals surface area contributed by atoms with E-state index in [4.69, 9.17) is 9.47 Å². The Morgan fingerprint density at radius 3 is 2.46 bits per heavy atom. The minimum Gasteiger partial charge on any atom is -0.486 e. The molecule has 2 heterocycles. The minimum absolute atomic E-state index is 0.334. The Labute approximate surface area is 204 Å². The van der Waals surface area contributed by atoms with Crippen molar-refractivity contribution in [1.29, 1.82) is 0 Å². The summed E-state index contributed by atoms with van der Waals surface area (Å²) in [6, 6.07) is 17.8. The topological polar surface area (TPSA) is 89.9 Å². The van der Waals surface area contributed by atoms with Gasteiger partial charge < -0.3 is 19.4 Å². The van der Waals surface area contributed by atoms with E-state index in [-0.39, 0.29) is 0 Å². The van der Waals surface area contributed by atoms with Gasteiger partial charge in [0.15, 0.2) is 11.5 Å². The summed E-state index contributed by atoms with van der Waals surface area (Å²) in [6.45, 7) is 5.30. The van der Waals surface area contributed by atoms with Gasteiger partial charge >= 0.3 is 0 Å². The number of fused-ring (bicyclic) bond motifs is 4. The maximum atomic E-state index is 13.2. The predicted octanol–water partition coefficient (Wildman–Crippen LogP) is 4.38. The number of amides is 1.